The van der Waals surface area contributed by atoms with Crippen LogP contribution in [0.3, 0.4) is 0 Å². The average molecular weight is 284 g/mol. The molecular weight excluding hydrogens is 254 g/mol. The standard InChI is InChI=1S/C17H30ClN/c1-7-16(4,5)15(12-13(2)18)14(3)17(6)8-10-19-11-9-17/h12,19H,7-11H2,1-6H3/b13-12+,15-14-. The lowest BCUT2D eigenvalue weighted by Gasteiger charge is -2.39. The van der Waals surface area contributed by atoms with Gasteiger partial charge < -0.3 is 5.32 Å². The van der Waals surface area contributed by atoms with Gasteiger partial charge in [-0.3, -0.25) is 0 Å². The van der Waals surface area contributed by atoms with Crippen molar-refractivity contribution < 1.29 is 0 Å². The van der Waals surface area contributed by atoms with Crippen LogP contribution < -0.4 is 5.32 Å². The normalized spacial score (nSPS) is 22.2. The first-order valence-electron chi connectivity index (χ1n) is 7.49. The van der Waals surface area contributed by atoms with Crippen molar-refractivity contribution in [2.24, 2.45) is 10.8 Å². The van der Waals surface area contributed by atoms with Gasteiger partial charge in [-0.2, -0.15) is 0 Å². The molecule has 0 aromatic rings. The predicted molar refractivity (Wildman–Crippen MR) is 86.6 cm³/mol. The quantitative estimate of drug-likeness (QED) is 0.693. The molecule has 1 fully saturated rings. The fourth-order valence-corrected chi connectivity index (χ4v) is 2.99. The van der Waals surface area contributed by atoms with Gasteiger partial charge in [0.2, 0.25) is 0 Å². The second kappa shape index (κ2) is 6.45. The van der Waals surface area contributed by atoms with E-state index in [9.17, 15) is 0 Å². The minimum absolute atomic E-state index is 0.189. The minimum atomic E-state index is 0.189. The van der Waals surface area contributed by atoms with Gasteiger partial charge >= 0.3 is 0 Å². The summed E-state index contributed by atoms with van der Waals surface area (Å²) in [6, 6.07) is 0. The molecule has 0 saturated carbocycles. The molecule has 0 spiro atoms. The molecule has 0 aromatic carbocycles. The summed E-state index contributed by atoms with van der Waals surface area (Å²) in [5.41, 5.74) is 3.47. The highest BCUT2D eigenvalue weighted by molar-refractivity contribution is 6.29. The maximum absolute atomic E-state index is 6.18. The average Bonchev–Trinajstić information content (AvgIpc) is 2.35. The highest BCUT2D eigenvalue weighted by atomic mass is 35.5. The van der Waals surface area contributed by atoms with Crippen LogP contribution in [0.15, 0.2) is 22.3 Å². The van der Waals surface area contributed by atoms with E-state index in [2.05, 4.69) is 46.0 Å². The van der Waals surface area contributed by atoms with Gasteiger partial charge in [-0.15, -0.1) is 0 Å². The van der Waals surface area contributed by atoms with E-state index >= 15 is 0 Å². The molecule has 0 aromatic heterocycles. The fourth-order valence-electron chi connectivity index (χ4n) is 2.88. The Hall–Kier alpha value is -0.270. The smallest absolute Gasteiger partial charge is 0.0152 e. The summed E-state index contributed by atoms with van der Waals surface area (Å²) in [5, 5.41) is 4.35. The molecule has 0 aliphatic carbocycles. The number of hydrogen-bond donors (Lipinski definition) is 1. The topological polar surface area (TPSA) is 12.0 Å². The lowest BCUT2D eigenvalue weighted by Crippen LogP contribution is -2.36. The Bertz CT molecular complexity index is 367. The molecule has 0 unspecified atom stereocenters. The maximum atomic E-state index is 6.18. The predicted octanol–water partition coefficient (Wildman–Crippen LogP) is 5.27. The Kier molecular flexibility index (Phi) is 5.70. The molecule has 0 amide bonds. The first-order chi connectivity index (χ1) is 8.73. The zero-order chi connectivity index (χ0) is 14.7. The van der Waals surface area contributed by atoms with Crippen molar-refractivity contribution in [1.82, 2.24) is 5.32 Å². The van der Waals surface area contributed by atoms with Crippen LogP contribution in [0, 0.1) is 10.8 Å². The van der Waals surface area contributed by atoms with E-state index < -0.39 is 0 Å². The second-order valence-electron chi connectivity index (χ2n) is 6.82. The van der Waals surface area contributed by atoms with Crippen molar-refractivity contribution in [2.75, 3.05) is 13.1 Å². The lowest BCUT2D eigenvalue weighted by molar-refractivity contribution is 0.273. The van der Waals surface area contributed by atoms with Crippen LogP contribution >= 0.6 is 11.6 Å². The first-order valence-corrected chi connectivity index (χ1v) is 7.87. The Morgan fingerprint density at radius 2 is 1.79 bits per heavy atom. The summed E-state index contributed by atoms with van der Waals surface area (Å²) in [7, 11) is 0. The van der Waals surface area contributed by atoms with E-state index in [1.807, 2.05) is 6.92 Å². The maximum Gasteiger partial charge on any atom is 0.0152 e. The van der Waals surface area contributed by atoms with E-state index in [1.165, 1.54) is 24.0 Å². The summed E-state index contributed by atoms with van der Waals surface area (Å²) >= 11 is 6.18. The van der Waals surface area contributed by atoms with Gasteiger partial charge in [0.25, 0.3) is 0 Å². The highest BCUT2D eigenvalue weighted by Crippen LogP contribution is 2.44. The van der Waals surface area contributed by atoms with E-state index in [0.29, 0.717) is 5.41 Å². The van der Waals surface area contributed by atoms with E-state index in [0.717, 1.165) is 24.5 Å². The van der Waals surface area contributed by atoms with Crippen LogP contribution in [0.5, 0.6) is 0 Å². The van der Waals surface area contributed by atoms with Gasteiger partial charge in [0.1, 0.15) is 0 Å². The molecule has 0 radical (unpaired) electrons. The Morgan fingerprint density at radius 1 is 1.26 bits per heavy atom. The number of hydrogen-bond acceptors (Lipinski definition) is 1. The number of piperidine rings is 1. The molecule has 1 rings (SSSR count). The van der Waals surface area contributed by atoms with E-state index in [4.69, 9.17) is 11.6 Å². The molecule has 1 aliphatic heterocycles. The Morgan fingerprint density at radius 3 is 2.21 bits per heavy atom. The minimum Gasteiger partial charge on any atom is -0.317 e. The van der Waals surface area contributed by atoms with Crippen molar-refractivity contribution in [2.45, 2.75) is 60.8 Å². The third-order valence-electron chi connectivity index (χ3n) is 4.97. The highest BCUT2D eigenvalue weighted by Gasteiger charge is 2.33. The summed E-state index contributed by atoms with van der Waals surface area (Å²) in [6.07, 6.45) is 5.76. The molecule has 1 heterocycles. The molecule has 0 atom stereocenters. The number of nitrogens with one attached hydrogen (secondary N) is 1. The van der Waals surface area contributed by atoms with Gasteiger partial charge in [0.15, 0.2) is 0 Å². The van der Waals surface area contributed by atoms with Crippen LogP contribution in [0.4, 0.5) is 0 Å². The molecule has 1 N–H and O–H groups in total. The van der Waals surface area contributed by atoms with Crippen LogP contribution in [-0.4, -0.2) is 13.1 Å². The van der Waals surface area contributed by atoms with Gasteiger partial charge in [0, 0.05) is 5.03 Å². The zero-order valence-corrected chi connectivity index (χ0v) is 14.2. The summed E-state index contributed by atoms with van der Waals surface area (Å²) in [5.74, 6) is 0. The van der Waals surface area contributed by atoms with Crippen LogP contribution in [0.1, 0.15) is 60.8 Å². The number of halogens is 1. The zero-order valence-electron chi connectivity index (χ0n) is 13.5. The van der Waals surface area contributed by atoms with Crippen molar-refractivity contribution >= 4 is 11.6 Å². The van der Waals surface area contributed by atoms with Crippen molar-refractivity contribution in [3.05, 3.63) is 22.3 Å². The Balaban J connectivity index is 3.27. The molecule has 2 heteroatoms. The SMILES string of the molecule is CCC(C)(C)C(/C=C(\C)Cl)=C(/C)C1(C)CCNCC1. The van der Waals surface area contributed by atoms with Gasteiger partial charge in [0.05, 0.1) is 0 Å². The molecule has 1 nitrogen and oxygen atoms in total. The summed E-state index contributed by atoms with van der Waals surface area (Å²) in [4.78, 5) is 0. The Labute approximate surface area is 124 Å². The third-order valence-corrected chi connectivity index (χ3v) is 5.08. The van der Waals surface area contributed by atoms with E-state index in [1.54, 1.807) is 0 Å². The molecule has 19 heavy (non-hydrogen) atoms. The molecule has 1 aliphatic rings. The van der Waals surface area contributed by atoms with Crippen LogP contribution in [-0.2, 0) is 0 Å². The molecule has 110 valence electrons. The van der Waals surface area contributed by atoms with Crippen molar-refractivity contribution in [3.63, 3.8) is 0 Å². The third kappa shape index (κ3) is 4.10. The first kappa shape index (κ1) is 16.8. The number of allylic oxidation sites excluding steroid dienone is 4. The molecular formula is C17H30ClN. The second-order valence-corrected chi connectivity index (χ2v) is 7.41. The lowest BCUT2D eigenvalue weighted by atomic mass is 9.68. The molecule has 0 bridgehead atoms. The monoisotopic (exact) mass is 283 g/mol. The van der Waals surface area contributed by atoms with Crippen LogP contribution in [0.2, 0.25) is 0 Å². The number of rotatable bonds is 4. The van der Waals surface area contributed by atoms with Gasteiger partial charge in [-0.1, -0.05) is 44.9 Å². The molecule has 1 saturated heterocycles. The summed E-state index contributed by atoms with van der Waals surface area (Å²) < 4.78 is 0. The van der Waals surface area contributed by atoms with Crippen molar-refractivity contribution in [3.8, 4) is 0 Å². The van der Waals surface area contributed by atoms with Crippen molar-refractivity contribution in [1.29, 1.82) is 0 Å². The van der Waals surface area contributed by atoms with Gasteiger partial charge in [-0.05, 0) is 68.7 Å². The van der Waals surface area contributed by atoms with E-state index in [-0.39, 0.29) is 5.41 Å². The summed E-state index contributed by atoms with van der Waals surface area (Å²) in [6.45, 7) is 15.9. The van der Waals surface area contributed by atoms with Gasteiger partial charge in [-0.25, -0.2) is 0 Å². The van der Waals surface area contributed by atoms with Crippen LogP contribution in [0.25, 0.3) is 0 Å². The largest absolute Gasteiger partial charge is 0.317 e. The fraction of sp³-hybridized carbons (Fsp3) is 0.765.